The Morgan fingerprint density at radius 2 is 1.94 bits per heavy atom. The van der Waals surface area contributed by atoms with Crippen LogP contribution in [0.25, 0.3) is 0 Å². The number of sulfone groups is 1. The summed E-state index contributed by atoms with van der Waals surface area (Å²) >= 11 is 0. The van der Waals surface area contributed by atoms with E-state index >= 15 is 0 Å². The van der Waals surface area contributed by atoms with Crippen molar-refractivity contribution in [2.45, 2.75) is 38.0 Å². The topological polar surface area (TPSA) is 85.9 Å². The smallest absolute Gasteiger partial charge is 0.220 e. The first-order valence-corrected chi connectivity index (χ1v) is 6.69. The third-order valence-corrected chi connectivity index (χ3v) is 3.93. The molecule has 6 heteroatoms. The highest BCUT2D eigenvalue weighted by atomic mass is 32.2. The van der Waals surface area contributed by atoms with E-state index in [0.717, 1.165) is 0 Å². The lowest BCUT2D eigenvalue weighted by Gasteiger charge is -2.20. The predicted octanol–water partition coefficient (Wildman–Crippen LogP) is 1.15. The molecule has 0 atom stereocenters. The molecule has 16 heavy (non-hydrogen) atoms. The van der Waals surface area contributed by atoms with Gasteiger partial charge in [-0.05, 0) is 0 Å². The van der Waals surface area contributed by atoms with Gasteiger partial charge >= 0.3 is 0 Å². The van der Waals surface area contributed by atoms with E-state index in [9.17, 15) is 8.42 Å². The largest absolute Gasteiger partial charge is 0.368 e. The Morgan fingerprint density at radius 3 is 2.38 bits per heavy atom. The molecule has 0 amide bonds. The van der Waals surface area contributed by atoms with Crippen molar-refractivity contribution in [3.8, 4) is 0 Å². The highest BCUT2D eigenvalue weighted by Crippen LogP contribution is 2.27. The fourth-order valence-electron chi connectivity index (χ4n) is 1.30. The summed E-state index contributed by atoms with van der Waals surface area (Å²) in [5.41, 5.74) is 5.59. The minimum Gasteiger partial charge on any atom is -0.368 e. The number of hydrogen-bond donors (Lipinski definition) is 1. The summed E-state index contributed by atoms with van der Waals surface area (Å²) in [5.74, 6) is 0.128. The van der Waals surface area contributed by atoms with Crippen LogP contribution in [-0.2, 0) is 15.3 Å². The van der Waals surface area contributed by atoms with Gasteiger partial charge in [0.2, 0.25) is 5.95 Å². The van der Waals surface area contributed by atoms with E-state index in [1.54, 1.807) is 6.92 Å². The number of rotatable bonds is 2. The molecule has 0 saturated heterocycles. The normalized spacial score (nSPS) is 12.8. The van der Waals surface area contributed by atoms with Gasteiger partial charge < -0.3 is 5.73 Å². The minimum absolute atomic E-state index is 0.0311. The molecule has 0 bridgehead atoms. The summed E-state index contributed by atoms with van der Waals surface area (Å²) in [7, 11) is -3.31. The van der Waals surface area contributed by atoms with Gasteiger partial charge in [0.05, 0.1) is 17.6 Å². The van der Waals surface area contributed by atoms with Crippen LogP contribution >= 0.6 is 0 Å². The van der Waals surface area contributed by atoms with E-state index < -0.39 is 9.84 Å². The van der Waals surface area contributed by atoms with E-state index in [1.165, 1.54) is 6.20 Å². The van der Waals surface area contributed by atoms with Gasteiger partial charge in [0.1, 0.15) is 4.90 Å². The fraction of sp³-hybridized carbons (Fsp3) is 0.600. The molecule has 0 aromatic carbocycles. The first-order valence-electron chi connectivity index (χ1n) is 5.04. The minimum atomic E-state index is -3.31. The molecule has 1 aromatic heterocycles. The van der Waals surface area contributed by atoms with Gasteiger partial charge in [-0.1, -0.05) is 27.7 Å². The van der Waals surface area contributed by atoms with Crippen molar-refractivity contribution in [3.63, 3.8) is 0 Å². The average molecular weight is 243 g/mol. The number of nitrogen functional groups attached to an aromatic ring is 1. The Balaban J connectivity index is 3.53. The highest BCUT2D eigenvalue weighted by Gasteiger charge is 2.27. The number of nitrogens with two attached hydrogens (primary N) is 1. The molecule has 0 saturated carbocycles. The molecule has 0 spiro atoms. The molecule has 0 radical (unpaired) electrons. The predicted molar refractivity (Wildman–Crippen MR) is 62.9 cm³/mol. The van der Waals surface area contributed by atoms with Crippen molar-refractivity contribution in [2.75, 3.05) is 11.5 Å². The van der Waals surface area contributed by atoms with Gasteiger partial charge in [-0.15, -0.1) is 0 Å². The van der Waals surface area contributed by atoms with E-state index in [-0.39, 0.29) is 22.0 Å². The van der Waals surface area contributed by atoms with Crippen LogP contribution in [0.4, 0.5) is 5.95 Å². The maximum atomic E-state index is 11.9. The zero-order valence-corrected chi connectivity index (χ0v) is 10.8. The van der Waals surface area contributed by atoms with Crippen LogP contribution in [0.15, 0.2) is 11.1 Å². The van der Waals surface area contributed by atoms with Crippen LogP contribution in [-0.4, -0.2) is 24.1 Å². The van der Waals surface area contributed by atoms with Gasteiger partial charge in [0, 0.05) is 5.41 Å². The lowest BCUT2D eigenvalue weighted by Crippen LogP contribution is -2.21. The van der Waals surface area contributed by atoms with E-state index in [1.807, 2.05) is 20.8 Å². The van der Waals surface area contributed by atoms with Crippen LogP contribution in [0.2, 0.25) is 0 Å². The summed E-state index contributed by atoms with van der Waals surface area (Å²) in [6, 6.07) is 0. The monoisotopic (exact) mass is 243 g/mol. The maximum absolute atomic E-state index is 11.9. The number of hydrogen-bond acceptors (Lipinski definition) is 5. The van der Waals surface area contributed by atoms with Gasteiger partial charge in [-0.2, -0.15) is 0 Å². The number of nitrogens with zero attached hydrogens (tertiary/aromatic N) is 2. The Morgan fingerprint density at radius 1 is 1.38 bits per heavy atom. The summed E-state index contributed by atoms with van der Waals surface area (Å²) in [4.78, 5) is 7.98. The summed E-state index contributed by atoms with van der Waals surface area (Å²) in [5, 5.41) is 0. The molecule has 2 N–H and O–H groups in total. The third kappa shape index (κ3) is 2.49. The highest BCUT2D eigenvalue weighted by molar-refractivity contribution is 7.91. The second-order valence-corrected chi connectivity index (χ2v) is 6.84. The average Bonchev–Trinajstić information content (AvgIpc) is 2.16. The summed E-state index contributed by atoms with van der Waals surface area (Å²) in [6.07, 6.45) is 1.29. The van der Waals surface area contributed by atoms with E-state index in [2.05, 4.69) is 9.97 Å². The molecule has 5 nitrogen and oxygen atoms in total. The third-order valence-electron chi connectivity index (χ3n) is 2.20. The molecule has 0 fully saturated rings. The van der Waals surface area contributed by atoms with Crippen LogP contribution < -0.4 is 5.73 Å². The zero-order valence-electron chi connectivity index (χ0n) is 9.98. The van der Waals surface area contributed by atoms with Crippen LogP contribution in [0.3, 0.4) is 0 Å². The molecule has 1 rings (SSSR count). The fourth-order valence-corrected chi connectivity index (χ4v) is 2.48. The van der Waals surface area contributed by atoms with E-state index in [0.29, 0.717) is 5.69 Å². The van der Waals surface area contributed by atoms with Crippen LogP contribution in [0.5, 0.6) is 0 Å². The molecule has 90 valence electrons. The maximum Gasteiger partial charge on any atom is 0.220 e. The summed E-state index contributed by atoms with van der Waals surface area (Å²) < 4.78 is 23.7. The molecular weight excluding hydrogens is 226 g/mol. The molecule has 1 aromatic rings. The van der Waals surface area contributed by atoms with Crippen molar-refractivity contribution in [3.05, 3.63) is 11.9 Å². The Bertz CT molecular complexity index is 489. The first kappa shape index (κ1) is 12.9. The van der Waals surface area contributed by atoms with Crippen molar-refractivity contribution >= 4 is 15.8 Å². The second-order valence-electron chi connectivity index (χ2n) is 4.59. The molecule has 0 aliphatic carbocycles. The SMILES string of the molecule is CCS(=O)(=O)c1cnc(N)nc1C(C)(C)C. The first-order chi connectivity index (χ1) is 7.18. The standard InChI is InChI=1S/C10H17N3O2S/c1-5-16(14,15)7-6-12-9(11)13-8(7)10(2,3)4/h6H,5H2,1-4H3,(H2,11,12,13). The van der Waals surface area contributed by atoms with E-state index in [4.69, 9.17) is 5.73 Å². The Labute approximate surface area is 96.0 Å². The molecule has 0 unspecified atom stereocenters. The Hall–Kier alpha value is -1.17. The molecule has 1 heterocycles. The van der Waals surface area contributed by atoms with Crippen molar-refractivity contribution in [1.29, 1.82) is 0 Å². The van der Waals surface area contributed by atoms with Crippen molar-refractivity contribution in [1.82, 2.24) is 9.97 Å². The molecule has 0 aliphatic heterocycles. The molecule has 0 aliphatic rings. The van der Waals surface area contributed by atoms with Gasteiger partial charge in [-0.3, -0.25) is 0 Å². The number of anilines is 1. The number of aromatic nitrogens is 2. The van der Waals surface area contributed by atoms with Crippen molar-refractivity contribution in [2.24, 2.45) is 0 Å². The lowest BCUT2D eigenvalue weighted by atomic mass is 9.92. The van der Waals surface area contributed by atoms with Gasteiger partial charge in [0.25, 0.3) is 0 Å². The Kier molecular flexibility index (Phi) is 3.23. The molecular formula is C10H17N3O2S. The quantitative estimate of drug-likeness (QED) is 0.842. The van der Waals surface area contributed by atoms with Crippen molar-refractivity contribution < 1.29 is 8.42 Å². The zero-order chi connectivity index (χ0) is 12.6. The van der Waals surface area contributed by atoms with Gasteiger partial charge in [0.15, 0.2) is 9.84 Å². The lowest BCUT2D eigenvalue weighted by molar-refractivity contribution is 0.541. The second kappa shape index (κ2) is 4.01. The van der Waals surface area contributed by atoms with Crippen LogP contribution in [0.1, 0.15) is 33.4 Å². The van der Waals surface area contributed by atoms with Crippen LogP contribution in [0, 0.1) is 0 Å². The van der Waals surface area contributed by atoms with Gasteiger partial charge in [-0.25, -0.2) is 18.4 Å². The summed E-state index contributed by atoms with van der Waals surface area (Å²) in [6.45, 7) is 7.27.